The predicted molar refractivity (Wildman–Crippen MR) is 90.4 cm³/mol. The summed E-state index contributed by atoms with van der Waals surface area (Å²) in [6.45, 7) is 4.78. The Labute approximate surface area is 140 Å². The number of amides is 2. The van der Waals surface area contributed by atoms with Crippen LogP contribution in [0.3, 0.4) is 0 Å². The second-order valence-corrected chi connectivity index (χ2v) is 7.65. The Hall–Kier alpha value is -1.56. The highest BCUT2D eigenvalue weighted by atomic mass is 32.2. The van der Waals surface area contributed by atoms with Crippen molar-refractivity contribution in [3.05, 3.63) is 35.6 Å². The molecule has 2 N–H and O–H groups in total. The minimum absolute atomic E-state index is 0.0101. The van der Waals surface area contributed by atoms with Crippen LogP contribution >= 0.6 is 11.8 Å². The number of likely N-dealkylation sites (tertiary alicyclic amines) is 1. The molecule has 1 fully saturated rings. The second kappa shape index (κ2) is 7.81. The molecule has 1 saturated heterocycles. The van der Waals surface area contributed by atoms with Gasteiger partial charge in [-0.05, 0) is 32.8 Å². The molecule has 1 heterocycles. The van der Waals surface area contributed by atoms with Crippen molar-refractivity contribution in [1.29, 1.82) is 0 Å². The number of benzene rings is 1. The fourth-order valence-electron chi connectivity index (χ4n) is 2.91. The average molecular weight is 338 g/mol. The molecule has 2 amide bonds. The summed E-state index contributed by atoms with van der Waals surface area (Å²) in [5.41, 5.74) is 5.96. The topological polar surface area (TPSA) is 63.4 Å². The molecule has 4 nitrogen and oxygen atoms in total. The number of piperidine rings is 1. The Balaban J connectivity index is 1.97. The molecule has 0 aliphatic carbocycles. The van der Waals surface area contributed by atoms with Crippen molar-refractivity contribution in [3.8, 4) is 0 Å². The maximum Gasteiger partial charge on any atom is 0.235 e. The van der Waals surface area contributed by atoms with Crippen molar-refractivity contribution in [2.75, 3.05) is 13.1 Å². The summed E-state index contributed by atoms with van der Waals surface area (Å²) in [7, 11) is 0. The van der Waals surface area contributed by atoms with E-state index < -0.39 is 0 Å². The van der Waals surface area contributed by atoms with Gasteiger partial charge in [0.2, 0.25) is 11.8 Å². The van der Waals surface area contributed by atoms with E-state index >= 15 is 0 Å². The molecule has 126 valence electrons. The van der Waals surface area contributed by atoms with Gasteiger partial charge in [0.05, 0.1) is 11.2 Å². The molecule has 6 heteroatoms. The first-order valence-corrected chi connectivity index (χ1v) is 8.82. The highest BCUT2D eigenvalue weighted by molar-refractivity contribution is 8.00. The van der Waals surface area contributed by atoms with E-state index in [1.807, 2.05) is 13.8 Å². The number of halogens is 1. The van der Waals surface area contributed by atoms with Crippen molar-refractivity contribution >= 4 is 23.6 Å². The largest absolute Gasteiger partial charge is 0.369 e. The molecule has 1 aliphatic heterocycles. The molecule has 0 radical (unpaired) electrons. The molecule has 3 atom stereocenters. The molecule has 23 heavy (non-hydrogen) atoms. The minimum atomic E-state index is -0.345. The Bertz CT molecular complexity index is 581. The zero-order chi connectivity index (χ0) is 17.0. The zero-order valence-electron chi connectivity index (χ0n) is 13.5. The number of primary amides is 1. The van der Waals surface area contributed by atoms with Crippen LogP contribution < -0.4 is 5.73 Å². The van der Waals surface area contributed by atoms with Gasteiger partial charge in [-0.25, -0.2) is 4.39 Å². The van der Waals surface area contributed by atoms with E-state index in [2.05, 4.69) is 0 Å². The summed E-state index contributed by atoms with van der Waals surface area (Å²) in [6, 6.07) is 6.63. The predicted octanol–water partition coefficient (Wildman–Crippen LogP) is 2.73. The Morgan fingerprint density at radius 3 is 2.70 bits per heavy atom. The van der Waals surface area contributed by atoms with Gasteiger partial charge in [-0.2, -0.15) is 0 Å². The molecule has 0 spiro atoms. The summed E-state index contributed by atoms with van der Waals surface area (Å²) in [6.07, 6.45) is 1.53. The van der Waals surface area contributed by atoms with E-state index in [1.165, 1.54) is 17.8 Å². The van der Waals surface area contributed by atoms with Gasteiger partial charge in [-0.1, -0.05) is 18.2 Å². The standard InChI is InChI=1S/C17H23FN2O2S/c1-11(14-7-3-4-8-15(14)18)23-12(2)17(22)20-9-5-6-13(10-20)16(19)21/h3-4,7-8,11-13H,5-6,9-10H2,1-2H3,(H2,19,21)/t11-,12+,13+/m1/s1. The van der Waals surface area contributed by atoms with E-state index in [4.69, 9.17) is 5.73 Å². The number of nitrogens with two attached hydrogens (primary N) is 1. The highest BCUT2D eigenvalue weighted by Gasteiger charge is 2.30. The lowest BCUT2D eigenvalue weighted by molar-refractivity contribution is -0.134. The van der Waals surface area contributed by atoms with Crippen molar-refractivity contribution in [2.24, 2.45) is 11.7 Å². The van der Waals surface area contributed by atoms with Crippen LogP contribution in [0.25, 0.3) is 0 Å². The Kier molecular flexibility index (Phi) is 6.04. The van der Waals surface area contributed by atoms with Crippen LogP contribution in [0.2, 0.25) is 0 Å². The van der Waals surface area contributed by atoms with Gasteiger partial charge in [0.15, 0.2) is 0 Å². The number of nitrogens with zero attached hydrogens (tertiary/aromatic N) is 1. The van der Waals surface area contributed by atoms with Gasteiger partial charge in [0, 0.05) is 23.9 Å². The smallest absolute Gasteiger partial charge is 0.235 e. The van der Waals surface area contributed by atoms with Gasteiger partial charge >= 0.3 is 0 Å². The summed E-state index contributed by atoms with van der Waals surface area (Å²) in [5, 5.41) is -0.414. The van der Waals surface area contributed by atoms with Gasteiger partial charge in [0.1, 0.15) is 5.82 Å². The molecular weight excluding hydrogens is 315 g/mol. The summed E-state index contributed by atoms with van der Waals surface area (Å²) < 4.78 is 13.8. The van der Waals surface area contributed by atoms with Gasteiger partial charge < -0.3 is 10.6 Å². The average Bonchev–Trinajstić information content (AvgIpc) is 2.54. The maximum atomic E-state index is 13.8. The quantitative estimate of drug-likeness (QED) is 0.898. The van der Waals surface area contributed by atoms with Crippen LogP contribution in [0, 0.1) is 11.7 Å². The van der Waals surface area contributed by atoms with E-state index in [0.29, 0.717) is 18.7 Å². The molecule has 2 rings (SSSR count). The lowest BCUT2D eigenvalue weighted by Gasteiger charge is -2.33. The number of hydrogen-bond acceptors (Lipinski definition) is 3. The zero-order valence-corrected chi connectivity index (χ0v) is 14.3. The molecule has 1 aromatic carbocycles. The molecule has 0 unspecified atom stereocenters. The minimum Gasteiger partial charge on any atom is -0.369 e. The molecule has 1 aromatic rings. The van der Waals surface area contributed by atoms with E-state index in [9.17, 15) is 14.0 Å². The SMILES string of the molecule is C[C@H](S[C@H](C)c1ccccc1F)C(=O)N1CCC[C@H](C(N)=O)C1. The van der Waals surface area contributed by atoms with Crippen LogP contribution in [0.1, 0.15) is 37.5 Å². The number of carbonyl (C=O) groups excluding carboxylic acids is 2. The third kappa shape index (κ3) is 4.47. The van der Waals surface area contributed by atoms with E-state index in [-0.39, 0.29) is 34.0 Å². The first kappa shape index (κ1) is 17.8. The van der Waals surface area contributed by atoms with Crippen molar-refractivity contribution < 1.29 is 14.0 Å². The van der Waals surface area contributed by atoms with Crippen molar-refractivity contribution in [3.63, 3.8) is 0 Å². The number of hydrogen-bond donors (Lipinski definition) is 1. The maximum absolute atomic E-state index is 13.8. The lowest BCUT2D eigenvalue weighted by atomic mass is 9.97. The molecule has 0 aromatic heterocycles. The number of thioether (sulfide) groups is 1. The van der Waals surface area contributed by atoms with Crippen molar-refractivity contribution in [2.45, 2.75) is 37.2 Å². The third-order valence-electron chi connectivity index (χ3n) is 4.23. The monoisotopic (exact) mass is 338 g/mol. The third-order valence-corrected chi connectivity index (χ3v) is 5.51. The molecular formula is C17H23FN2O2S. The lowest BCUT2D eigenvalue weighted by Crippen LogP contribution is -2.46. The summed E-state index contributed by atoms with van der Waals surface area (Å²) in [5.74, 6) is -0.862. The summed E-state index contributed by atoms with van der Waals surface area (Å²) >= 11 is 1.43. The van der Waals surface area contributed by atoms with Crippen LogP contribution in [0.4, 0.5) is 4.39 Å². The van der Waals surface area contributed by atoms with Gasteiger partial charge in [-0.3, -0.25) is 9.59 Å². The van der Waals surface area contributed by atoms with Crippen LogP contribution in [-0.4, -0.2) is 35.1 Å². The van der Waals surface area contributed by atoms with Crippen LogP contribution in [0.15, 0.2) is 24.3 Å². The van der Waals surface area contributed by atoms with E-state index in [0.717, 1.165) is 12.8 Å². The number of carbonyl (C=O) groups is 2. The van der Waals surface area contributed by atoms with Crippen molar-refractivity contribution in [1.82, 2.24) is 4.90 Å². The highest BCUT2D eigenvalue weighted by Crippen LogP contribution is 2.34. The molecule has 1 aliphatic rings. The Morgan fingerprint density at radius 2 is 2.04 bits per heavy atom. The first-order chi connectivity index (χ1) is 10.9. The van der Waals surface area contributed by atoms with E-state index in [1.54, 1.807) is 23.1 Å². The normalized spacial score (nSPS) is 20.8. The van der Waals surface area contributed by atoms with Gasteiger partial charge in [-0.15, -0.1) is 11.8 Å². The number of rotatable bonds is 5. The Morgan fingerprint density at radius 1 is 1.35 bits per heavy atom. The molecule has 0 bridgehead atoms. The van der Waals surface area contributed by atoms with Crippen LogP contribution in [0.5, 0.6) is 0 Å². The van der Waals surface area contributed by atoms with Gasteiger partial charge in [0.25, 0.3) is 0 Å². The second-order valence-electron chi connectivity index (χ2n) is 5.97. The fourth-order valence-corrected chi connectivity index (χ4v) is 4.12. The first-order valence-electron chi connectivity index (χ1n) is 7.88. The molecule has 0 saturated carbocycles. The van der Waals surface area contributed by atoms with Crippen LogP contribution in [-0.2, 0) is 9.59 Å². The summed E-state index contributed by atoms with van der Waals surface area (Å²) in [4.78, 5) is 25.6. The fraction of sp³-hybridized carbons (Fsp3) is 0.529.